The molecule has 0 spiro atoms. The van der Waals surface area contributed by atoms with E-state index in [1.165, 1.54) is 17.8 Å². The molecule has 2 fully saturated rings. The summed E-state index contributed by atoms with van der Waals surface area (Å²) in [7, 11) is 0. The molecule has 0 amide bonds. The average Bonchev–Trinajstić information content (AvgIpc) is 2.73. The number of rotatable bonds is 2. The predicted molar refractivity (Wildman–Crippen MR) is 83.8 cm³/mol. The normalized spacial score (nSPS) is 24.6. The Labute approximate surface area is 121 Å². The fraction of sp³-hybridized carbons (Fsp3) is 0.625. The minimum atomic E-state index is 0.632. The first-order chi connectivity index (χ1) is 9.83. The van der Waals surface area contributed by atoms with Crippen molar-refractivity contribution in [2.75, 3.05) is 55.7 Å². The van der Waals surface area contributed by atoms with Crippen LogP contribution in [0.3, 0.4) is 0 Å². The lowest BCUT2D eigenvalue weighted by Crippen LogP contribution is -2.36. The van der Waals surface area contributed by atoms with Gasteiger partial charge >= 0.3 is 0 Å². The zero-order chi connectivity index (χ0) is 13.8. The van der Waals surface area contributed by atoms with E-state index in [2.05, 4.69) is 46.3 Å². The summed E-state index contributed by atoms with van der Waals surface area (Å²) in [6.45, 7) is 9.29. The van der Waals surface area contributed by atoms with Crippen LogP contribution in [0.4, 0.5) is 11.4 Å². The molecule has 2 aliphatic heterocycles. The molecule has 1 unspecified atom stereocenters. The van der Waals surface area contributed by atoms with Gasteiger partial charge in [0, 0.05) is 50.1 Å². The van der Waals surface area contributed by atoms with Crippen molar-refractivity contribution < 1.29 is 4.74 Å². The smallest absolute Gasteiger partial charge is 0.0642 e. The van der Waals surface area contributed by atoms with E-state index in [1.54, 1.807) is 0 Å². The number of hydrogen-bond donors (Lipinski definition) is 1. The lowest BCUT2D eigenvalue weighted by Gasteiger charge is -2.29. The molecule has 2 heterocycles. The second kappa shape index (κ2) is 6.46. The van der Waals surface area contributed by atoms with E-state index in [4.69, 9.17) is 4.74 Å². The van der Waals surface area contributed by atoms with Crippen LogP contribution in [-0.4, -0.2) is 52.0 Å². The first-order valence-electron chi connectivity index (χ1n) is 7.74. The SMILES string of the molecule is CC1CCN(c2ccc(N3CCOCC3)cc2)CCN1. The maximum atomic E-state index is 5.41. The van der Waals surface area contributed by atoms with E-state index in [0.29, 0.717) is 6.04 Å². The van der Waals surface area contributed by atoms with Crippen molar-refractivity contribution in [3.8, 4) is 0 Å². The molecule has 110 valence electrons. The Morgan fingerprint density at radius 1 is 0.950 bits per heavy atom. The number of hydrogen-bond acceptors (Lipinski definition) is 4. The molecule has 3 rings (SSSR count). The summed E-state index contributed by atoms with van der Waals surface area (Å²) in [5.41, 5.74) is 2.66. The Morgan fingerprint density at radius 2 is 1.55 bits per heavy atom. The van der Waals surface area contributed by atoms with Crippen LogP contribution < -0.4 is 15.1 Å². The van der Waals surface area contributed by atoms with E-state index in [1.807, 2.05) is 0 Å². The molecule has 0 bridgehead atoms. The van der Waals surface area contributed by atoms with Gasteiger partial charge in [0.1, 0.15) is 0 Å². The van der Waals surface area contributed by atoms with E-state index in [0.717, 1.165) is 45.9 Å². The Bertz CT molecular complexity index is 414. The first kappa shape index (κ1) is 13.7. The van der Waals surface area contributed by atoms with E-state index < -0.39 is 0 Å². The topological polar surface area (TPSA) is 27.7 Å². The molecule has 0 aliphatic carbocycles. The van der Waals surface area contributed by atoms with Gasteiger partial charge in [-0.3, -0.25) is 0 Å². The minimum Gasteiger partial charge on any atom is -0.378 e. The fourth-order valence-corrected chi connectivity index (χ4v) is 2.96. The van der Waals surface area contributed by atoms with E-state index >= 15 is 0 Å². The Morgan fingerprint density at radius 3 is 2.20 bits per heavy atom. The van der Waals surface area contributed by atoms with Crippen molar-refractivity contribution in [3.05, 3.63) is 24.3 Å². The van der Waals surface area contributed by atoms with Crippen LogP contribution in [0.1, 0.15) is 13.3 Å². The van der Waals surface area contributed by atoms with Gasteiger partial charge in [-0.2, -0.15) is 0 Å². The van der Waals surface area contributed by atoms with Gasteiger partial charge in [0.15, 0.2) is 0 Å². The summed E-state index contributed by atoms with van der Waals surface area (Å²) in [5.74, 6) is 0. The standard InChI is InChI=1S/C16H25N3O/c1-14-6-8-18(9-7-17-14)15-2-4-16(5-3-15)19-10-12-20-13-11-19/h2-5,14,17H,6-13H2,1H3. The lowest BCUT2D eigenvalue weighted by atomic mass is 10.2. The second-order valence-corrected chi connectivity index (χ2v) is 5.75. The molecule has 0 radical (unpaired) electrons. The molecular weight excluding hydrogens is 250 g/mol. The maximum Gasteiger partial charge on any atom is 0.0642 e. The Hall–Kier alpha value is -1.26. The monoisotopic (exact) mass is 275 g/mol. The molecule has 4 heteroatoms. The number of nitrogens with zero attached hydrogens (tertiary/aromatic N) is 2. The molecule has 0 saturated carbocycles. The number of morpholine rings is 1. The molecule has 0 aromatic heterocycles. The van der Waals surface area contributed by atoms with Crippen LogP contribution in [0.15, 0.2) is 24.3 Å². The molecule has 2 aliphatic rings. The third-order valence-electron chi connectivity index (χ3n) is 4.30. The van der Waals surface area contributed by atoms with Gasteiger partial charge in [-0.1, -0.05) is 0 Å². The van der Waals surface area contributed by atoms with E-state index in [9.17, 15) is 0 Å². The summed E-state index contributed by atoms with van der Waals surface area (Å²) in [4.78, 5) is 4.89. The number of ether oxygens (including phenoxy) is 1. The minimum absolute atomic E-state index is 0.632. The molecule has 4 nitrogen and oxygen atoms in total. The first-order valence-corrected chi connectivity index (χ1v) is 7.74. The number of benzene rings is 1. The Kier molecular flexibility index (Phi) is 4.43. The zero-order valence-corrected chi connectivity index (χ0v) is 12.3. The summed E-state index contributed by atoms with van der Waals surface area (Å²) in [6, 6.07) is 9.67. The highest BCUT2D eigenvalue weighted by Crippen LogP contribution is 2.22. The Balaban J connectivity index is 1.65. The van der Waals surface area contributed by atoms with Crippen LogP contribution >= 0.6 is 0 Å². The van der Waals surface area contributed by atoms with Crippen molar-refractivity contribution in [1.29, 1.82) is 0 Å². The second-order valence-electron chi connectivity index (χ2n) is 5.75. The molecule has 2 saturated heterocycles. The number of nitrogens with one attached hydrogen (secondary N) is 1. The third-order valence-corrected chi connectivity index (χ3v) is 4.30. The lowest BCUT2D eigenvalue weighted by molar-refractivity contribution is 0.122. The largest absolute Gasteiger partial charge is 0.378 e. The van der Waals surface area contributed by atoms with Crippen LogP contribution in [0.25, 0.3) is 0 Å². The molecule has 20 heavy (non-hydrogen) atoms. The third kappa shape index (κ3) is 3.25. The van der Waals surface area contributed by atoms with Crippen molar-refractivity contribution in [1.82, 2.24) is 5.32 Å². The average molecular weight is 275 g/mol. The van der Waals surface area contributed by atoms with Gasteiger partial charge < -0.3 is 19.9 Å². The van der Waals surface area contributed by atoms with Crippen molar-refractivity contribution in [2.24, 2.45) is 0 Å². The molecule has 1 atom stereocenters. The summed E-state index contributed by atoms with van der Waals surface area (Å²) in [6.07, 6.45) is 1.21. The number of anilines is 2. The van der Waals surface area contributed by atoms with Crippen LogP contribution in [0.2, 0.25) is 0 Å². The summed E-state index contributed by atoms with van der Waals surface area (Å²) in [5, 5.41) is 3.54. The molecule has 1 aromatic rings. The summed E-state index contributed by atoms with van der Waals surface area (Å²) >= 11 is 0. The fourth-order valence-electron chi connectivity index (χ4n) is 2.96. The van der Waals surface area contributed by atoms with Crippen molar-refractivity contribution in [2.45, 2.75) is 19.4 Å². The van der Waals surface area contributed by atoms with Crippen molar-refractivity contribution in [3.63, 3.8) is 0 Å². The van der Waals surface area contributed by atoms with Crippen LogP contribution in [0, 0.1) is 0 Å². The molecule has 1 N–H and O–H groups in total. The maximum absolute atomic E-state index is 5.41. The summed E-state index contributed by atoms with van der Waals surface area (Å²) < 4.78 is 5.41. The van der Waals surface area contributed by atoms with Crippen molar-refractivity contribution >= 4 is 11.4 Å². The highest BCUT2D eigenvalue weighted by molar-refractivity contribution is 5.56. The van der Waals surface area contributed by atoms with Gasteiger partial charge in [0.05, 0.1) is 13.2 Å². The van der Waals surface area contributed by atoms with E-state index in [-0.39, 0.29) is 0 Å². The zero-order valence-electron chi connectivity index (χ0n) is 12.3. The van der Waals surface area contributed by atoms with Gasteiger partial charge in [-0.15, -0.1) is 0 Å². The van der Waals surface area contributed by atoms with Gasteiger partial charge in [-0.25, -0.2) is 0 Å². The highest BCUT2D eigenvalue weighted by atomic mass is 16.5. The highest BCUT2D eigenvalue weighted by Gasteiger charge is 2.15. The molecule has 1 aromatic carbocycles. The van der Waals surface area contributed by atoms with Gasteiger partial charge in [0.2, 0.25) is 0 Å². The van der Waals surface area contributed by atoms with Gasteiger partial charge in [0.25, 0.3) is 0 Å². The molecular formula is C16H25N3O. The predicted octanol–water partition coefficient (Wildman–Crippen LogP) is 1.71. The van der Waals surface area contributed by atoms with Crippen LogP contribution in [0.5, 0.6) is 0 Å². The van der Waals surface area contributed by atoms with Gasteiger partial charge in [-0.05, 0) is 37.6 Å². The van der Waals surface area contributed by atoms with Crippen LogP contribution in [-0.2, 0) is 4.74 Å². The quantitative estimate of drug-likeness (QED) is 0.889.